The van der Waals surface area contributed by atoms with Crippen LogP contribution < -0.4 is 16.9 Å². The average molecular weight is 316 g/mol. The maximum Gasteiger partial charge on any atom is 0.240 e. The lowest BCUT2D eigenvalue weighted by Gasteiger charge is -2.24. The van der Waals surface area contributed by atoms with E-state index in [0.29, 0.717) is 12.2 Å². The van der Waals surface area contributed by atoms with E-state index in [9.17, 15) is 4.79 Å². The lowest BCUT2D eigenvalue weighted by molar-refractivity contribution is -0.116. The SMILES string of the molecule is Cc1cccc(C(C)(C)C)c1NC(=O)CCc1nnc(N)n1N. The lowest BCUT2D eigenvalue weighted by atomic mass is 9.84. The van der Waals surface area contributed by atoms with Crippen LogP contribution in [-0.4, -0.2) is 20.8 Å². The third kappa shape index (κ3) is 3.80. The number of nitrogens with zero attached hydrogens (tertiary/aromatic N) is 3. The molecule has 0 aliphatic rings. The van der Waals surface area contributed by atoms with Crippen LogP contribution in [0.25, 0.3) is 0 Å². The fraction of sp³-hybridized carbons (Fsp3) is 0.438. The average Bonchev–Trinajstić information content (AvgIpc) is 2.77. The summed E-state index contributed by atoms with van der Waals surface area (Å²) in [5, 5.41) is 10.5. The molecule has 0 spiro atoms. The van der Waals surface area contributed by atoms with Gasteiger partial charge in [0.05, 0.1) is 0 Å². The Kier molecular flexibility index (Phi) is 4.58. The highest BCUT2D eigenvalue weighted by Crippen LogP contribution is 2.31. The van der Waals surface area contributed by atoms with Crippen molar-refractivity contribution in [3.05, 3.63) is 35.2 Å². The van der Waals surface area contributed by atoms with Gasteiger partial charge in [-0.15, -0.1) is 10.2 Å². The molecular formula is C16H24N6O. The van der Waals surface area contributed by atoms with Crippen LogP contribution in [0.1, 0.15) is 44.1 Å². The molecule has 2 rings (SSSR count). The van der Waals surface area contributed by atoms with Crippen LogP contribution in [0.15, 0.2) is 18.2 Å². The largest absolute Gasteiger partial charge is 0.366 e. The Hall–Kier alpha value is -2.57. The first-order chi connectivity index (χ1) is 10.7. The van der Waals surface area contributed by atoms with Crippen molar-refractivity contribution in [3.63, 3.8) is 0 Å². The fourth-order valence-electron chi connectivity index (χ4n) is 2.39. The molecule has 0 saturated heterocycles. The Morgan fingerprint density at radius 1 is 1.30 bits per heavy atom. The van der Waals surface area contributed by atoms with Crippen LogP contribution in [-0.2, 0) is 16.6 Å². The molecule has 0 aliphatic carbocycles. The molecule has 0 saturated carbocycles. The van der Waals surface area contributed by atoms with Crippen molar-refractivity contribution in [1.82, 2.24) is 14.9 Å². The quantitative estimate of drug-likeness (QED) is 0.744. The Balaban J connectivity index is 2.10. The molecule has 5 N–H and O–H groups in total. The van der Waals surface area contributed by atoms with Crippen molar-refractivity contribution < 1.29 is 4.79 Å². The normalized spacial score (nSPS) is 11.5. The number of rotatable bonds is 4. The highest BCUT2D eigenvalue weighted by Gasteiger charge is 2.20. The van der Waals surface area contributed by atoms with Gasteiger partial charge in [-0.3, -0.25) is 4.79 Å². The number of nitrogens with one attached hydrogen (secondary N) is 1. The van der Waals surface area contributed by atoms with E-state index < -0.39 is 0 Å². The third-order valence-electron chi connectivity index (χ3n) is 3.71. The van der Waals surface area contributed by atoms with Gasteiger partial charge in [0.25, 0.3) is 0 Å². The summed E-state index contributed by atoms with van der Waals surface area (Å²) in [5.41, 5.74) is 8.49. The standard InChI is InChI=1S/C16H24N6O/c1-10-6-5-7-11(16(2,3)4)14(10)19-13(23)9-8-12-20-21-15(17)22(12)18/h5-7H,8-9,18H2,1-4H3,(H2,17,21)(H,19,23). The summed E-state index contributed by atoms with van der Waals surface area (Å²) >= 11 is 0. The predicted octanol–water partition coefficient (Wildman–Crippen LogP) is 1.75. The van der Waals surface area contributed by atoms with E-state index >= 15 is 0 Å². The van der Waals surface area contributed by atoms with Crippen molar-refractivity contribution in [3.8, 4) is 0 Å². The van der Waals surface area contributed by atoms with Crippen LogP contribution in [0.2, 0.25) is 0 Å². The number of nitrogen functional groups attached to an aromatic ring is 2. The summed E-state index contributed by atoms with van der Waals surface area (Å²) in [7, 11) is 0. The van der Waals surface area contributed by atoms with Crippen LogP contribution in [0.3, 0.4) is 0 Å². The van der Waals surface area contributed by atoms with Gasteiger partial charge < -0.3 is 16.9 Å². The maximum atomic E-state index is 12.3. The molecule has 7 heteroatoms. The molecule has 124 valence electrons. The molecule has 0 fully saturated rings. The molecule has 23 heavy (non-hydrogen) atoms. The van der Waals surface area contributed by atoms with Crippen molar-refractivity contribution in [2.24, 2.45) is 0 Å². The number of anilines is 2. The van der Waals surface area contributed by atoms with Gasteiger partial charge in [-0.1, -0.05) is 39.0 Å². The van der Waals surface area contributed by atoms with E-state index in [0.717, 1.165) is 16.8 Å². The molecule has 0 aliphatic heterocycles. The van der Waals surface area contributed by atoms with Gasteiger partial charge in [-0.2, -0.15) is 0 Å². The Bertz CT molecular complexity index is 714. The second kappa shape index (κ2) is 6.28. The van der Waals surface area contributed by atoms with E-state index in [-0.39, 0.29) is 23.7 Å². The van der Waals surface area contributed by atoms with Crippen LogP contribution in [0.5, 0.6) is 0 Å². The van der Waals surface area contributed by atoms with Crippen LogP contribution >= 0.6 is 0 Å². The topological polar surface area (TPSA) is 112 Å². The number of aryl methyl sites for hydroxylation is 2. The number of hydrogen-bond acceptors (Lipinski definition) is 5. The Morgan fingerprint density at radius 2 is 2.00 bits per heavy atom. The monoisotopic (exact) mass is 316 g/mol. The van der Waals surface area contributed by atoms with Gasteiger partial charge in [-0.05, 0) is 23.5 Å². The van der Waals surface area contributed by atoms with Crippen molar-refractivity contribution in [2.45, 2.75) is 46.0 Å². The second-order valence-electron chi connectivity index (χ2n) is 6.64. The van der Waals surface area contributed by atoms with Gasteiger partial charge in [0.2, 0.25) is 11.9 Å². The Labute approximate surface area is 136 Å². The zero-order chi connectivity index (χ0) is 17.2. The first-order valence-electron chi connectivity index (χ1n) is 7.55. The number of benzene rings is 1. The summed E-state index contributed by atoms with van der Waals surface area (Å²) in [6, 6.07) is 6.03. The minimum atomic E-state index is -0.0913. The van der Waals surface area contributed by atoms with Gasteiger partial charge in [-0.25, -0.2) is 4.68 Å². The zero-order valence-corrected chi connectivity index (χ0v) is 14.1. The molecule has 0 radical (unpaired) electrons. The minimum absolute atomic E-state index is 0.0550. The summed E-state index contributed by atoms with van der Waals surface area (Å²) in [4.78, 5) is 12.3. The van der Waals surface area contributed by atoms with Gasteiger partial charge >= 0.3 is 0 Å². The highest BCUT2D eigenvalue weighted by molar-refractivity contribution is 5.92. The van der Waals surface area contributed by atoms with Crippen LogP contribution in [0, 0.1) is 6.92 Å². The number of carbonyl (C=O) groups excluding carboxylic acids is 1. The molecule has 1 aromatic heterocycles. The first-order valence-corrected chi connectivity index (χ1v) is 7.55. The van der Waals surface area contributed by atoms with Crippen molar-refractivity contribution >= 4 is 17.5 Å². The molecule has 0 unspecified atom stereocenters. The predicted molar refractivity (Wildman–Crippen MR) is 91.4 cm³/mol. The minimum Gasteiger partial charge on any atom is -0.366 e. The molecule has 2 aromatic rings. The number of para-hydroxylation sites is 1. The van der Waals surface area contributed by atoms with E-state index in [1.165, 1.54) is 4.68 Å². The molecule has 1 aromatic carbocycles. The number of aromatic nitrogens is 3. The molecular weight excluding hydrogens is 292 g/mol. The zero-order valence-electron chi connectivity index (χ0n) is 14.1. The number of amides is 1. The van der Waals surface area contributed by atoms with Gasteiger partial charge in [0, 0.05) is 18.5 Å². The highest BCUT2D eigenvalue weighted by atomic mass is 16.1. The maximum absolute atomic E-state index is 12.3. The van der Waals surface area contributed by atoms with Crippen molar-refractivity contribution in [1.29, 1.82) is 0 Å². The van der Waals surface area contributed by atoms with Crippen molar-refractivity contribution in [2.75, 3.05) is 16.9 Å². The molecule has 0 bridgehead atoms. The van der Waals surface area contributed by atoms with E-state index in [1.807, 2.05) is 25.1 Å². The van der Waals surface area contributed by atoms with E-state index in [2.05, 4.69) is 36.3 Å². The second-order valence-corrected chi connectivity index (χ2v) is 6.64. The number of hydrogen-bond donors (Lipinski definition) is 3. The van der Waals surface area contributed by atoms with E-state index in [1.54, 1.807) is 0 Å². The van der Waals surface area contributed by atoms with Gasteiger partial charge in [0.1, 0.15) is 0 Å². The van der Waals surface area contributed by atoms with Crippen LogP contribution in [0.4, 0.5) is 11.6 Å². The molecule has 0 atom stereocenters. The molecule has 1 amide bonds. The summed E-state index contributed by atoms with van der Waals surface area (Å²) in [6.07, 6.45) is 0.635. The summed E-state index contributed by atoms with van der Waals surface area (Å²) in [5.74, 6) is 6.21. The first kappa shape index (κ1) is 16.8. The third-order valence-corrected chi connectivity index (χ3v) is 3.71. The number of nitrogens with two attached hydrogens (primary N) is 2. The molecule has 1 heterocycles. The summed E-state index contributed by atoms with van der Waals surface area (Å²) < 4.78 is 1.20. The molecule has 7 nitrogen and oxygen atoms in total. The summed E-state index contributed by atoms with van der Waals surface area (Å²) in [6.45, 7) is 8.35. The lowest BCUT2D eigenvalue weighted by Crippen LogP contribution is -2.21. The van der Waals surface area contributed by atoms with E-state index in [4.69, 9.17) is 11.6 Å². The Morgan fingerprint density at radius 3 is 2.57 bits per heavy atom. The number of carbonyl (C=O) groups is 1. The smallest absolute Gasteiger partial charge is 0.240 e. The van der Waals surface area contributed by atoms with Gasteiger partial charge in [0.15, 0.2) is 5.82 Å². The fourth-order valence-corrected chi connectivity index (χ4v) is 2.39.